The van der Waals surface area contributed by atoms with Gasteiger partial charge in [-0.2, -0.15) is 12.6 Å². The third kappa shape index (κ3) is 9.11. The first-order valence-electron chi connectivity index (χ1n) is 12.8. The molecule has 8 heteroatoms. The second-order valence-corrected chi connectivity index (χ2v) is 10.6. The first-order valence-corrected chi connectivity index (χ1v) is 13.4. The minimum Gasteiger partial charge on any atom is -0.444 e. The van der Waals surface area contributed by atoms with Crippen LogP contribution in [-0.4, -0.2) is 46.7 Å². The number of hydrogen-bond donors (Lipinski definition) is 3. The number of nitrogens with zero attached hydrogens (tertiary/aromatic N) is 1. The summed E-state index contributed by atoms with van der Waals surface area (Å²) in [5, 5.41) is 5.71. The lowest BCUT2D eigenvalue weighted by Gasteiger charge is -2.34. The van der Waals surface area contributed by atoms with Crippen molar-refractivity contribution in [1.82, 2.24) is 10.2 Å². The van der Waals surface area contributed by atoms with Gasteiger partial charge in [0, 0.05) is 18.0 Å². The van der Waals surface area contributed by atoms with E-state index >= 15 is 0 Å². The number of ether oxygens (including phenoxy) is 1. The number of aryl methyl sites for hydroxylation is 2. The van der Waals surface area contributed by atoms with Crippen LogP contribution >= 0.6 is 12.6 Å². The zero-order chi connectivity index (χ0) is 27.6. The van der Waals surface area contributed by atoms with E-state index in [-0.39, 0.29) is 17.6 Å². The van der Waals surface area contributed by atoms with Gasteiger partial charge in [0.25, 0.3) is 5.91 Å². The SMILES string of the molecule is CCCCCN(C(=O)C(CS)NC(=O)OC(C)(C)C)C(C(=O)Nc1c(C)cccc1C)c1ccccc1. The summed E-state index contributed by atoms with van der Waals surface area (Å²) in [4.78, 5) is 41.8. The standard InChI is InChI=1S/C29H41N3O4S/c1-7-8-12-18-32(27(34)23(19-37)30-28(35)36-29(4,5)6)25(22-16-10-9-11-17-22)26(33)31-24-20(2)14-13-15-21(24)3/h9-11,13-17,23,25,37H,7-8,12,18-19H2,1-6H3,(H,30,35)(H,31,33). The number of alkyl carbamates (subject to hydrolysis) is 1. The number of para-hydroxylation sites is 1. The number of thiol groups is 1. The predicted molar refractivity (Wildman–Crippen MR) is 152 cm³/mol. The Morgan fingerprint density at radius 2 is 1.59 bits per heavy atom. The van der Waals surface area contributed by atoms with Crippen molar-refractivity contribution in [2.24, 2.45) is 0 Å². The first-order chi connectivity index (χ1) is 17.5. The predicted octanol–water partition coefficient (Wildman–Crippen LogP) is 5.83. The summed E-state index contributed by atoms with van der Waals surface area (Å²) in [6.45, 7) is 11.6. The van der Waals surface area contributed by atoms with Crippen molar-refractivity contribution in [3.05, 3.63) is 65.2 Å². The number of anilines is 1. The molecule has 3 amide bonds. The molecule has 37 heavy (non-hydrogen) atoms. The molecule has 0 aliphatic heterocycles. The zero-order valence-electron chi connectivity index (χ0n) is 22.8. The average Bonchev–Trinajstić information content (AvgIpc) is 2.83. The van der Waals surface area contributed by atoms with Crippen LogP contribution < -0.4 is 10.6 Å². The van der Waals surface area contributed by atoms with E-state index in [2.05, 4.69) is 30.2 Å². The van der Waals surface area contributed by atoms with Crippen LogP contribution in [0.4, 0.5) is 10.5 Å². The van der Waals surface area contributed by atoms with Crippen LogP contribution in [0.15, 0.2) is 48.5 Å². The van der Waals surface area contributed by atoms with Gasteiger partial charge in [0.2, 0.25) is 5.91 Å². The van der Waals surface area contributed by atoms with E-state index in [1.54, 1.807) is 25.7 Å². The minimum atomic E-state index is -0.959. The van der Waals surface area contributed by atoms with Crippen LogP contribution in [0.25, 0.3) is 0 Å². The molecule has 0 aliphatic carbocycles. The van der Waals surface area contributed by atoms with E-state index in [0.717, 1.165) is 29.7 Å². The van der Waals surface area contributed by atoms with Crippen LogP contribution in [-0.2, 0) is 14.3 Å². The number of hydrogen-bond acceptors (Lipinski definition) is 5. The molecule has 2 atom stereocenters. The molecule has 7 nitrogen and oxygen atoms in total. The van der Waals surface area contributed by atoms with Crippen molar-refractivity contribution in [3.8, 4) is 0 Å². The van der Waals surface area contributed by atoms with Gasteiger partial charge in [-0.1, -0.05) is 68.3 Å². The molecule has 2 rings (SSSR count). The van der Waals surface area contributed by atoms with Gasteiger partial charge in [0.15, 0.2) is 0 Å². The van der Waals surface area contributed by atoms with Gasteiger partial charge >= 0.3 is 6.09 Å². The summed E-state index contributed by atoms with van der Waals surface area (Å²) in [5.74, 6) is -0.645. The summed E-state index contributed by atoms with van der Waals surface area (Å²) >= 11 is 4.34. The quantitative estimate of drug-likeness (QED) is 0.254. The highest BCUT2D eigenvalue weighted by Crippen LogP contribution is 2.27. The van der Waals surface area contributed by atoms with Gasteiger partial charge in [-0.3, -0.25) is 9.59 Å². The summed E-state index contributed by atoms with van der Waals surface area (Å²) in [6.07, 6.45) is 1.87. The van der Waals surface area contributed by atoms with Crippen molar-refractivity contribution in [1.29, 1.82) is 0 Å². The smallest absolute Gasteiger partial charge is 0.408 e. The molecule has 2 aromatic rings. The number of unbranched alkanes of at least 4 members (excludes halogenated alkanes) is 2. The molecule has 202 valence electrons. The summed E-state index contributed by atoms with van der Waals surface area (Å²) in [6, 6.07) is 13.2. The lowest BCUT2D eigenvalue weighted by atomic mass is 10.0. The van der Waals surface area contributed by atoms with Crippen LogP contribution in [0.3, 0.4) is 0 Å². The molecule has 2 unspecified atom stereocenters. The monoisotopic (exact) mass is 527 g/mol. The number of amides is 3. The van der Waals surface area contributed by atoms with E-state index in [0.29, 0.717) is 18.5 Å². The zero-order valence-corrected chi connectivity index (χ0v) is 23.7. The van der Waals surface area contributed by atoms with Crippen LogP contribution in [0.1, 0.15) is 69.7 Å². The van der Waals surface area contributed by atoms with Gasteiger partial charge in [-0.15, -0.1) is 0 Å². The number of rotatable bonds is 11. The Morgan fingerprint density at radius 1 is 0.973 bits per heavy atom. The van der Waals surface area contributed by atoms with Crippen molar-refractivity contribution in [2.75, 3.05) is 17.6 Å². The fraction of sp³-hybridized carbons (Fsp3) is 0.483. The summed E-state index contributed by atoms with van der Waals surface area (Å²) in [5.41, 5.74) is 2.57. The fourth-order valence-electron chi connectivity index (χ4n) is 4.05. The van der Waals surface area contributed by atoms with E-state index < -0.39 is 23.8 Å². The molecule has 0 saturated carbocycles. The highest BCUT2D eigenvalue weighted by molar-refractivity contribution is 7.80. The molecular weight excluding hydrogens is 486 g/mol. The van der Waals surface area contributed by atoms with Crippen LogP contribution in [0, 0.1) is 13.8 Å². The average molecular weight is 528 g/mol. The van der Waals surface area contributed by atoms with Crippen molar-refractivity contribution in [3.63, 3.8) is 0 Å². The van der Waals surface area contributed by atoms with Crippen LogP contribution in [0.5, 0.6) is 0 Å². The number of carbonyl (C=O) groups excluding carboxylic acids is 3. The lowest BCUT2D eigenvalue weighted by molar-refractivity contribution is -0.140. The second-order valence-electron chi connectivity index (χ2n) is 10.2. The minimum absolute atomic E-state index is 0.0579. The topological polar surface area (TPSA) is 87.7 Å². The van der Waals surface area contributed by atoms with Crippen molar-refractivity contribution < 1.29 is 19.1 Å². The van der Waals surface area contributed by atoms with E-state index in [4.69, 9.17) is 4.74 Å². The summed E-state index contributed by atoms with van der Waals surface area (Å²) in [7, 11) is 0. The molecule has 0 radical (unpaired) electrons. The molecule has 0 spiro atoms. The Kier molecular flexibility index (Phi) is 11.5. The van der Waals surface area contributed by atoms with E-state index in [1.807, 2.05) is 62.4 Å². The largest absolute Gasteiger partial charge is 0.444 e. The van der Waals surface area contributed by atoms with Gasteiger partial charge in [-0.25, -0.2) is 4.79 Å². The highest BCUT2D eigenvalue weighted by atomic mass is 32.1. The third-order valence-electron chi connectivity index (χ3n) is 5.86. The maximum Gasteiger partial charge on any atom is 0.408 e. The van der Waals surface area contributed by atoms with Crippen molar-refractivity contribution >= 4 is 36.2 Å². The Hall–Kier alpha value is -3.00. The summed E-state index contributed by atoms with van der Waals surface area (Å²) < 4.78 is 5.36. The van der Waals surface area contributed by atoms with E-state index in [9.17, 15) is 14.4 Å². The Bertz CT molecular complexity index is 1030. The maximum absolute atomic E-state index is 13.9. The molecule has 2 N–H and O–H groups in total. The van der Waals surface area contributed by atoms with Gasteiger partial charge in [0.1, 0.15) is 17.7 Å². The Labute approximate surface area is 226 Å². The number of benzene rings is 2. The second kappa shape index (κ2) is 14.1. The Morgan fingerprint density at radius 3 is 2.14 bits per heavy atom. The molecule has 0 heterocycles. The molecule has 0 fully saturated rings. The fourth-order valence-corrected chi connectivity index (χ4v) is 4.29. The molecular formula is C29H41N3O4S. The number of nitrogens with one attached hydrogen (secondary N) is 2. The lowest BCUT2D eigenvalue weighted by Crippen LogP contribution is -2.53. The van der Waals surface area contributed by atoms with Gasteiger partial charge < -0.3 is 20.3 Å². The first kappa shape index (κ1) is 30.2. The normalized spacial score (nSPS) is 12.8. The van der Waals surface area contributed by atoms with Crippen LogP contribution in [0.2, 0.25) is 0 Å². The third-order valence-corrected chi connectivity index (χ3v) is 6.23. The van der Waals surface area contributed by atoms with Gasteiger partial charge in [0.05, 0.1) is 0 Å². The molecule has 2 aromatic carbocycles. The molecule has 0 aliphatic rings. The van der Waals surface area contributed by atoms with E-state index in [1.165, 1.54) is 0 Å². The molecule has 0 bridgehead atoms. The van der Waals surface area contributed by atoms with Gasteiger partial charge in [-0.05, 0) is 57.7 Å². The number of carbonyl (C=O) groups is 3. The highest BCUT2D eigenvalue weighted by Gasteiger charge is 2.36. The Balaban J connectivity index is 2.47. The maximum atomic E-state index is 13.9. The molecule has 0 saturated heterocycles. The van der Waals surface area contributed by atoms with Crippen molar-refractivity contribution in [2.45, 2.75) is 78.5 Å². The molecule has 0 aromatic heterocycles.